The van der Waals surface area contributed by atoms with Crippen molar-refractivity contribution in [1.82, 2.24) is 0 Å². The number of ether oxygens (including phenoxy) is 1. The smallest absolute Gasteiger partial charge is 0.292 e. The minimum absolute atomic E-state index is 0. The van der Waals surface area contributed by atoms with Crippen molar-refractivity contribution >= 4 is 20.0 Å². The summed E-state index contributed by atoms with van der Waals surface area (Å²) in [4.78, 5) is 8.95. The number of carbonyl (C=O) groups is 1. The third-order valence-corrected chi connectivity index (χ3v) is 0.763. The lowest BCUT2D eigenvalue weighted by Crippen LogP contribution is -1.68. The molecule has 0 aliphatic carbocycles. The Balaban J connectivity index is 0. The van der Waals surface area contributed by atoms with Crippen molar-refractivity contribution in [2.75, 3.05) is 7.11 Å². The topological polar surface area (TPSA) is 26.3 Å². The van der Waals surface area contributed by atoms with Gasteiger partial charge in [0.05, 0.1) is 7.11 Å². The highest BCUT2D eigenvalue weighted by Crippen LogP contribution is 1.79. The molecule has 0 aromatic heterocycles. The number of hydrogen-bond acceptors (Lipinski definition) is 2. The molecule has 0 saturated heterocycles. The van der Waals surface area contributed by atoms with Crippen LogP contribution in [0.3, 0.4) is 0 Å². The van der Waals surface area contributed by atoms with Crippen molar-refractivity contribution in [3.63, 3.8) is 0 Å². The van der Waals surface area contributed by atoms with Gasteiger partial charge in [-0.1, -0.05) is 36.4 Å². The molecule has 11 heavy (non-hydrogen) atoms. The molecule has 62 valence electrons. The molecule has 1 rings (SSSR count). The summed E-state index contributed by atoms with van der Waals surface area (Å²) in [5.41, 5.74) is 0. The second-order valence-electron chi connectivity index (χ2n) is 1.49. The SMILES string of the molecule is COC=O.S.c1ccccc1. The summed E-state index contributed by atoms with van der Waals surface area (Å²) in [7, 11) is 1.31. The maximum absolute atomic E-state index is 8.95. The molecule has 0 amide bonds. The van der Waals surface area contributed by atoms with E-state index >= 15 is 0 Å². The molecule has 0 radical (unpaired) electrons. The van der Waals surface area contributed by atoms with Gasteiger partial charge in [-0.2, -0.15) is 13.5 Å². The Morgan fingerprint density at radius 1 is 1.00 bits per heavy atom. The standard InChI is InChI=1S/C6H6.C2H4O2.H2S/c1-2-4-6-5-3-1;1-4-2-3;/h1-6H;2H,1H3;1H2. The van der Waals surface area contributed by atoms with Crippen molar-refractivity contribution in [2.45, 2.75) is 0 Å². The monoisotopic (exact) mass is 172 g/mol. The highest BCUT2D eigenvalue weighted by atomic mass is 32.1. The third-order valence-electron chi connectivity index (χ3n) is 0.763. The van der Waals surface area contributed by atoms with Gasteiger partial charge < -0.3 is 4.74 Å². The van der Waals surface area contributed by atoms with Gasteiger partial charge in [0, 0.05) is 0 Å². The normalized spacial score (nSPS) is 6.27. The Bertz CT molecular complexity index is 127. The minimum atomic E-state index is 0. The number of carbonyl (C=O) groups excluding carboxylic acids is 1. The van der Waals surface area contributed by atoms with Crippen LogP contribution in [0.25, 0.3) is 0 Å². The van der Waals surface area contributed by atoms with Crippen molar-refractivity contribution in [3.8, 4) is 0 Å². The van der Waals surface area contributed by atoms with Crippen molar-refractivity contribution in [3.05, 3.63) is 36.4 Å². The van der Waals surface area contributed by atoms with E-state index in [9.17, 15) is 0 Å². The Morgan fingerprint density at radius 3 is 1.27 bits per heavy atom. The van der Waals surface area contributed by atoms with E-state index in [4.69, 9.17) is 4.79 Å². The molecular formula is C8H12O2S. The molecular weight excluding hydrogens is 160 g/mol. The van der Waals surface area contributed by atoms with Crippen LogP contribution in [0.2, 0.25) is 0 Å². The molecule has 0 unspecified atom stereocenters. The van der Waals surface area contributed by atoms with Gasteiger partial charge in [0.15, 0.2) is 0 Å². The minimum Gasteiger partial charge on any atom is -0.471 e. The predicted molar refractivity (Wildman–Crippen MR) is 49.9 cm³/mol. The van der Waals surface area contributed by atoms with Crippen LogP contribution in [-0.2, 0) is 9.53 Å². The van der Waals surface area contributed by atoms with E-state index in [2.05, 4.69) is 4.74 Å². The lowest BCUT2D eigenvalue weighted by Gasteiger charge is -1.69. The molecule has 0 bridgehead atoms. The lowest BCUT2D eigenvalue weighted by molar-refractivity contribution is -0.126. The number of hydrogen-bond donors (Lipinski definition) is 0. The van der Waals surface area contributed by atoms with Gasteiger partial charge in [0.25, 0.3) is 6.47 Å². The van der Waals surface area contributed by atoms with Crippen LogP contribution >= 0.6 is 13.5 Å². The average Bonchev–Trinajstić information content (AvgIpc) is 2.08. The second kappa shape index (κ2) is 11.8. The molecule has 0 saturated carbocycles. The van der Waals surface area contributed by atoms with Crippen LogP contribution < -0.4 is 0 Å². The van der Waals surface area contributed by atoms with Gasteiger partial charge in [0.1, 0.15) is 0 Å². The van der Waals surface area contributed by atoms with E-state index in [0.717, 1.165) is 0 Å². The van der Waals surface area contributed by atoms with Crippen LogP contribution in [0.4, 0.5) is 0 Å². The van der Waals surface area contributed by atoms with Crippen LogP contribution in [0.15, 0.2) is 36.4 Å². The highest BCUT2D eigenvalue weighted by Gasteiger charge is 1.57. The zero-order valence-corrected chi connectivity index (χ0v) is 7.36. The molecule has 0 heterocycles. The first kappa shape index (κ1) is 12.7. The fourth-order valence-electron chi connectivity index (χ4n) is 0.385. The summed E-state index contributed by atoms with van der Waals surface area (Å²) in [5, 5.41) is 0. The zero-order valence-electron chi connectivity index (χ0n) is 6.36. The van der Waals surface area contributed by atoms with Gasteiger partial charge in [-0.25, -0.2) is 0 Å². The van der Waals surface area contributed by atoms with Crippen molar-refractivity contribution in [1.29, 1.82) is 0 Å². The molecule has 1 aromatic rings. The maximum atomic E-state index is 8.95. The van der Waals surface area contributed by atoms with Gasteiger partial charge in [-0.3, -0.25) is 4.79 Å². The molecule has 0 fully saturated rings. The quantitative estimate of drug-likeness (QED) is 0.601. The molecule has 1 aromatic carbocycles. The second-order valence-corrected chi connectivity index (χ2v) is 1.49. The lowest BCUT2D eigenvalue weighted by atomic mass is 10.4. The Kier molecular flexibility index (Phi) is 13.6. The van der Waals surface area contributed by atoms with Crippen LogP contribution in [0, 0.1) is 0 Å². The molecule has 0 aliphatic rings. The number of benzene rings is 1. The molecule has 0 spiro atoms. The summed E-state index contributed by atoms with van der Waals surface area (Å²) in [6.45, 7) is 0.375. The Labute approximate surface area is 73.6 Å². The van der Waals surface area contributed by atoms with Gasteiger partial charge in [0.2, 0.25) is 0 Å². The van der Waals surface area contributed by atoms with E-state index in [1.165, 1.54) is 7.11 Å². The van der Waals surface area contributed by atoms with Crippen molar-refractivity contribution in [2.24, 2.45) is 0 Å². The van der Waals surface area contributed by atoms with Crippen molar-refractivity contribution < 1.29 is 9.53 Å². The first-order valence-corrected chi connectivity index (χ1v) is 2.88. The maximum Gasteiger partial charge on any atom is 0.292 e. The van der Waals surface area contributed by atoms with Crippen LogP contribution in [0.5, 0.6) is 0 Å². The summed E-state index contributed by atoms with van der Waals surface area (Å²) in [6, 6.07) is 12.0. The molecule has 3 heteroatoms. The number of rotatable bonds is 1. The molecule has 0 atom stereocenters. The Hall–Kier alpha value is -0.960. The summed E-state index contributed by atoms with van der Waals surface area (Å²) >= 11 is 0. The van der Waals surface area contributed by atoms with E-state index in [1.54, 1.807) is 0 Å². The predicted octanol–water partition coefficient (Wildman–Crippen LogP) is 1.59. The van der Waals surface area contributed by atoms with Crippen LogP contribution in [-0.4, -0.2) is 13.6 Å². The molecule has 2 nitrogen and oxygen atoms in total. The van der Waals surface area contributed by atoms with E-state index in [1.807, 2.05) is 36.4 Å². The van der Waals surface area contributed by atoms with Gasteiger partial charge in [-0.15, -0.1) is 0 Å². The van der Waals surface area contributed by atoms with Crippen LogP contribution in [0.1, 0.15) is 0 Å². The molecule has 0 N–H and O–H groups in total. The summed E-state index contributed by atoms with van der Waals surface area (Å²) in [6.07, 6.45) is 0. The zero-order chi connectivity index (χ0) is 7.66. The summed E-state index contributed by atoms with van der Waals surface area (Å²) in [5.74, 6) is 0. The largest absolute Gasteiger partial charge is 0.471 e. The fourth-order valence-corrected chi connectivity index (χ4v) is 0.385. The molecule has 0 aliphatic heterocycles. The first-order valence-electron chi connectivity index (χ1n) is 2.88. The number of methoxy groups -OCH3 is 1. The summed E-state index contributed by atoms with van der Waals surface area (Å²) < 4.78 is 3.86. The Morgan fingerprint density at radius 2 is 1.18 bits per heavy atom. The highest BCUT2D eigenvalue weighted by molar-refractivity contribution is 7.59. The third kappa shape index (κ3) is 12.3. The van der Waals surface area contributed by atoms with E-state index in [-0.39, 0.29) is 13.5 Å². The average molecular weight is 172 g/mol. The first-order chi connectivity index (χ1) is 4.91. The van der Waals surface area contributed by atoms with E-state index < -0.39 is 0 Å². The van der Waals surface area contributed by atoms with Gasteiger partial charge in [-0.05, 0) is 0 Å². The van der Waals surface area contributed by atoms with E-state index in [0.29, 0.717) is 6.47 Å². The van der Waals surface area contributed by atoms with Gasteiger partial charge >= 0.3 is 0 Å². The fraction of sp³-hybridized carbons (Fsp3) is 0.125.